The Hall–Kier alpha value is -3.16. The number of para-hydroxylation sites is 2. The second kappa shape index (κ2) is 8.98. The van der Waals surface area contributed by atoms with E-state index in [9.17, 15) is 9.59 Å². The lowest BCUT2D eigenvalue weighted by molar-refractivity contribution is -0.122. The summed E-state index contributed by atoms with van der Waals surface area (Å²) in [6.45, 7) is 1.93. The Balaban J connectivity index is 1.54. The van der Waals surface area contributed by atoms with Crippen molar-refractivity contribution < 1.29 is 9.59 Å². The molecule has 142 valence electrons. The molecule has 3 rings (SSSR count). The molecule has 1 aliphatic heterocycles. The molecule has 0 radical (unpaired) electrons. The predicted octanol–water partition coefficient (Wildman–Crippen LogP) is 1.62. The van der Waals surface area contributed by atoms with Crippen LogP contribution in [0.5, 0.6) is 0 Å². The highest BCUT2D eigenvalue weighted by molar-refractivity contribution is 5.94. The van der Waals surface area contributed by atoms with Crippen LogP contribution in [-0.2, 0) is 9.59 Å². The minimum absolute atomic E-state index is 0.0608. The molecule has 1 aromatic heterocycles. The number of anilines is 3. The van der Waals surface area contributed by atoms with Crippen LogP contribution in [0.15, 0.2) is 42.7 Å². The van der Waals surface area contributed by atoms with Crippen molar-refractivity contribution in [3.63, 3.8) is 0 Å². The molecule has 0 unspecified atom stereocenters. The number of carbonyl (C=O) groups excluding carboxylic acids is 2. The van der Waals surface area contributed by atoms with E-state index in [4.69, 9.17) is 5.73 Å². The molecular formula is C19H24N6O2. The Kier molecular flexibility index (Phi) is 6.19. The van der Waals surface area contributed by atoms with E-state index in [1.807, 2.05) is 24.3 Å². The summed E-state index contributed by atoms with van der Waals surface area (Å²) in [6, 6.07) is 9.45. The van der Waals surface area contributed by atoms with Gasteiger partial charge in [0.1, 0.15) is 0 Å². The first-order valence-electron chi connectivity index (χ1n) is 9.07. The first kappa shape index (κ1) is 18.6. The maximum Gasteiger partial charge on any atom is 0.226 e. The molecule has 1 saturated heterocycles. The molecule has 0 atom stereocenters. The van der Waals surface area contributed by atoms with Crippen molar-refractivity contribution in [3.05, 3.63) is 42.7 Å². The van der Waals surface area contributed by atoms with Gasteiger partial charge in [-0.15, -0.1) is 0 Å². The van der Waals surface area contributed by atoms with Gasteiger partial charge in [0.25, 0.3) is 0 Å². The third-order valence-electron chi connectivity index (χ3n) is 4.62. The minimum Gasteiger partial charge on any atom is -0.370 e. The van der Waals surface area contributed by atoms with Gasteiger partial charge >= 0.3 is 0 Å². The van der Waals surface area contributed by atoms with Gasteiger partial charge in [-0.2, -0.15) is 0 Å². The van der Waals surface area contributed by atoms with Crippen molar-refractivity contribution in [2.24, 2.45) is 11.7 Å². The molecule has 2 amide bonds. The van der Waals surface area contributed by atoms with Gasteiger partial charge in [-0.1, -0.05) is 12.1 Å². The monoisotopic (exact) mass is 368 g/mol. The zero-order chi connectivity index (χ0) is 19.1. The Morgan fingerprint density at radius 1 is 1.11 bits per heavy atom. The summed E-state index contributed by atoms with van der Waals surface area (Å²) < 4.78 is 0. The van der Waals surface area contributed by atoms with Crippen LogP contribution >= 0.6 is 0 Å². The van der Waals surface area contributed by atoms with E-state index in [0.29, 0.717) is 18.9 Å². The molecule has 2 heterocycles. The zero-order valence-corrected chi connectivity index (χ0v) is 15.1. The number of hydrogen-bond acceptors (Lipinski definition) is 6. The highest BCUT2D eigenvalue weighted by Gasteiger charge is 2.24. The molecule has 0 aliphatic carbocycles. The summed E-state index contributed by atoms with van der Waals surface area (Å²) >= 11 is 0. The van der Waals surface area contributed by atoms with E-state index < -0.39 is 0 Å². The second-order valence-corrected chi connectivity index (χ2v) is 6.48. The summed E-state index contributed by atoms with van der Waals surface area (Å²) in [5, 5.41) is 5.99. The number of nitrogens with one attached hydrogen (secondary N) is 2. The van der Waals surface area contributed by atoms with Crippen molar-refractivity contribution >= 4 is 29.1 Å². The predicted molar refractivity (Wildman–Crippen MR) is 104 cm³/mol. The number of carbonyl (C=O) groups is 2. The zero-order valence-electron chi connectivity index (χ0n) is 15.1. The summed E-state index contributed by atoms with van der Waals surface area (Å²) in [4.78, 5) is 34.0. The average Bonchev–Trinajstić information content (AvgIpc) is 2.69. The number of hydrogen-bond donors (Lipinski definition) is 3. The lowest BCUT2D eigenvalue weighted by atomic mass is 9.96. The standard InChI is InChI=1S/C19H24N6O2/c20-18(27)14-7-12-25(13-8-14)16-5-2-1-4-15(16)24-17(26)6-11-23-19-21-9-3-10-22-19/h1-5,9-10,14H,6-8,11-13H2,(H2,20,27)(H,24,26)(H,21,22,23). The smallest absolute Gasteiger partial charge is 0.226 e. The highest BCUT2D eigenvalue weighted by Crippen LogP contribution is 2.29. The Labute approximate surface area is 158 Å². The highest BCUT2D eigenvalue weighted by atomic mass is 16.2. The number of rotatable bonds is 7. The van der Waals surface area contributed by atoms with Crippen molar-refractivity contribution in [3.8, 4) is 0 Å². The second-order valence-electron chi connectivity index (χ2n) is 6.48. The topological polar surface area (TPSA) is 113 Å². The fraction of sp³-hybridized carbons (Fsp3) is 0.368. The summed E-state index contributed by atoms with van der Waals surface area (Å²) in [7, 11) is 0. The van der Waals surface area contributed by atoms with Crippen molar-refractivity contribution in [1.82, 2.24) is 9.97 Å². The normalized spacial score (nSPS) is 14.6. The number of aromatic nitrogens is 2. The molecule has 2 aromatic rings. The fourth-order valence-corrected chi connectivity index (χ4v) is 3.15. The minimum atomic E-state index is -0.230. The number of benzene rings is 1. The third kappa shape index (κ3) is 5.16. The van der Waals surface area contributed by atoms with Crippen LogP contribution in [0, 0.1) is 5.92 Å². The molecular weight excluding hydrogens is 344 g/mol. The van der Waals surface area contributed by atoms with Gasteiger partial charge in [-0.25, -0.2) is 9.97 Å². The fourth-order valence-electron chi connectivity index (χ4n) is 3.15. The van der Waals surface area contributed by atoms with Gasteiger partial charge in [-0.05, 0) is 31.0 Å². The molecule has 1 aliphatic rings. The quantitative estimate of drug-likeness (QED) is 0.684. The molecule has 8 nitrogen and oxygen atoms in total. The molecule has 0 spiro atoms. The van der Waals surface area contributed by atoms with E-state index in [1.165, 1.54) is 0 Å². The van der Waals surface area contributed by atoms with Crippen LogP contribution in [0.25, 0.3) is 0 Å². The Morgan fingerprint density at radius 3 is 2.52 bits per heavy atom. The van der Waals surface area contributed by atoms with Crippen LogP contribution in [0.3, 0.4) is 0 Å². The van der Waals surface area contributed by atoms with E-state index in [0.717, 1.165) is 37.3 Å². The first-order chi connectivity index (χ1) is 13.1. The van der Waals surface area contributed by atoms with Gasteiger partial charge in [0, 0.05) is 44.4 Å². The summed E-state index contributed by atoms with van der Waals surface area (Å²) in [6.07, 6.45) is 5.06. The first-order valence-corrected chi connectivity index (χ1v) is 9.07. The van der Waals surface area contributed by atoms with Gasteiger partial charge in [0.15, 0.2) is 0 Å². The Bertz CT molecular complexity index is 775. The SMILES string of the molecule is NC(=O)C1CCN(c2ccccc2NC(=O)CCNc2ncccn2)CC1. The number of nitrogens with zero attached hydrogens (tertiary/aromatic N) is 3. The van der Waals surface area contributed by atoms with Gasteiger partial charge in [0.05, 0.1) is 11.4 Å². The lowest BCUT2D eigenvalue weighted by Gasteiger charge is -2.33. The number of amides is 2. The molecule has 27 heavy (non-hydrogen) atoms. The summed E-state index contributed by atoms with van der Waals surface area (Å²) in [5.41, 5.74) is 7.15. The number of piperidine rings is 1. The summed E-state index contributed by atoms with van der Waals surface area (Å²) in [5.74, 6) is 0.126. The molecule has 4 N–H and O–H groups in total. The number of nitrogens with two attached hydrogens (primary N) is 1. The Morgan fingerprint density at radius 2 is 1.81 bits per heavy atom. The third-order valence-corrected chi connectivity index (χ3v) is 4.62. The van der Waals surface area contributed by atoms with E-state index >= 15 is 0 Å². The molecule has 0 bridgehead atoms. The van der Waals surface area contributed by atoms with Gasteiger partial charge < -0.3 is 21.3 Å². The molecule has 1 aromatic carbocycles. The van der Waals surface area contributed by atoms with Crippen molar-refractivity contribution in [2.45, 2.75) is 19.3 Å². The van der Waals surface area contributed by atoms with Gasteiger partial charge in [0.2, 0.25) is 17.8 Å². The molecule has 1 fully saturated rings. The van der Waals surface area contributed by atoms with Crippen LogP contribution in [0.2, 0.25) is 0 Å². The van der Waals surface area contributed by atoms with Crippen LogP contribution in [-0.4, -0.2) is 41.4 Å². The van der Waals surface area contributed by atoms with E-state index in [-0.39, 0.29) is 17.7 Å². The maximum atomic E-state index is 12.3. The van der Waals surface area contributed by atoms with E-state index in [1.54, 1.807) is 18.5 Å². The largest absolute Gasteiger partial charge is 0.370 e. The van der Waals surface area contributed by atoms with Crippen LogP contribution < -0.4 is 21.3 Å². The van der Waals surface area contributed by atoms with Gasteiger partial charge in [-0.3, -0.25) is 9.59 Å². The molecule has 0 saturated carbocycles. The van der Waals surface area contributed by atoms with Crippen LogP contribution in [0.1, 0.15) is 19.3 Å². The van der Waals surface area contributed by atoms with Crippen molar-refractivity contribution in [2.75, 3.05) is 35.2 Å². The molecule has 8 heteroatoms. The maximum absolute atomic E-state index is 12.3. The number of primary amides is 1. The van der Waals surface area contributed by atoms with Crippen molar-refractivity contribution in [1.29, 1.82) is 0 Å². The lowest BCUT2D eigenvalue weighted by Crippen LogP contribution is -2.38. The van der Waals surface area contributed by atoms with Crippen LogP contribution in [0.4, 0.5) is 17.3 Å². The average molecular weight is 368 g/mol. The van der Waals surface area contributed by atoms with E-state index in [2.05, 4.69) is 25.5 Å².